The summed E-state index contributed by atoms with van der Waals surface area (Å²) in [5, 5.41) is 7.62. The van der Waals surface area contributed by atoms with E-state index in [0.29, 0.717) is 5.76 Å². The minimum atomic E-state index is -0.173. The second kappa shape index (κ2) is 6.35. The highest BCUT2D eigenvalue weighted by atomic mass is 16.3. The van der Waals surface area contributed by atoms with Crippen molar-refractivity contribution in [2.75, 3.05) is 0 Å². The average Bonchev–Trinajstić information content (AvgIpc) is 3.27. The second-order valence-electron chi connectivity index (χ2n) is 6.09. The van der Waals surface area contributed by atoms with Crippen LogP contribution in [0.3, 0.4) is 0 Å². The van der Waals surface area contributed by atoms with E-state index in [1.165, 1.54) is 17.5 Å². The zero-order valence-corrected chi connectivity index (χ0v) is 13.3. The molecule has 1 N–H and O–H groups in total. The van der Waals surface area contributed by atoms with Crippen molar-refractivity contribution in [3.63, 3.8) is 0 Å². The van der Waals surface area contributed by atoms with E-state index in [1.807, 2.05) is 24.4 Å². The normalized spacial score (nSPS) is 16.6. The number of nitrogens with zero attached hydrogens (tertiary/aromatic N) is 2. The van der Waals surface area contributed by atoms with E-state index in [9.17, 15) is 4.79 Å². The summed E-state index contributed by atoms with van der Waals surface area (Å²) in [6.07, 6.45) is 6.37. The molecular formula is C19H19N3O2. The molecule has 0 aliphatic heterocycles. The van der Waals surface area contributed by atoms with Crippen LogP contribution in [0.25, 0.3) is 0 Å². The molecule has 122 valence electrons. The average molecular weight is 321 g/mol. The number of furan rings is 1. The summed E-state index contributed by atoms with van der Waals surface area (Å²) in [6.45, 7) is 0.759. The second-order valence-corrected chi connectivity index (χ2v) is 6.09. The number of benzene rings is 1. The first-order valence-corrected chi connectivity index (χ1v) is 8.24. The van der Waals surface area contributed by atoms with Crippen LogP contribution in [0.15, 0.2) is 59.3 Å². The molecule has 1 aliphatic carbocycles. The highest BCUT2D eigenvalue weighted by molar-refractivity contribution is 5.91. The lowest BCUT2D eigenvalue weighted by Crippen LogP contribution is -2.30. The maximum absolute atomic E-state index is 12.2. The summed E-state index contributed by atoms with van der Waals surface area (Å²) in [7, 11) is 0. The number of nitrogens with one attached hydrogen (secondary N) is 1. The van der Waals surface area contributed by atoms with Crippen molar-refractivity contribution in [2.24, 2.45) is 0 Å². The van der Waals surface area contributed by atoms with E-state index in [0.717, 1.165) is 31.4 Å². The van der Waals surface area contributed by atoms with Crippen molar-refractivity contribution in [2.45, 2.75) is 31.8 Å². The molecule has 5 nitrogen and oxygen atoms in total. The maximum Gasteiger partial charge on any atom is 0.287 e. The quantitative estimate of drug-likeness (QED) is 0.802. The monoisotopic (exact) mass is 321 g/mol. The van der Waals surface area contributed by atoms with Gasteiger partial charge in [-0.25, -0.2) is 0 Å². The van der Waals surface area contributed by atoms with Gasteiger partial charge in [0.25, 0.3) is 5.91 Å². The summed E-state index contributed by atoms with van der Waals surface area (Å²) in [5.74, 6) is 0.174. The Hall–Kier alpha value is -2.82. The van der Waals surface area contributed by atoms with Gasteiger partial charge < -0.3 is 9.73 Å². The number of hydrogen-bond donors (Lipinski definition) is 1. The molecule has 1 unspecified atom stereocenters. The molecule has 4 rings (SSSR count). The standard InChI is InChI=1S/C19H19N3O2/c23-19(18-10-5-11-24-18)21-16-8-4-9-17-15(16)12-20-22(17)13-14-6-2-1-3-7-14/h1-3,5-7,10-12,16H,4,8-9,13H2,(H,21,23). The van der Waals surface area contributed by atoms with Crippen LogP contribution in [-0.4, -0.2) is 15.7 Å². The van der Waals surface area contributed by atoms with Gasteiger partial charge in [0.2, 0.25) is 0 Å². The van der Waals surface area contributed by atoms with Crippen molar-refractivity contribution in [3.8, 4) is 0 Å². The van der Waals surface area contributed by atoms with Gasteiger partial charge in [-0.2, -0.15) is 5.10 Å². The number of carbonyl (C=O) groups excluding carboxylic acids is 1. The van der Waals surface area contributed by atoms with Crippen molar-refractivity contribution in [1.29, 1.82) is 0 Å². The van der Waals surface area contributed by atoms with Crippen LogP contribution in [0, 0.1) is 0 Å². The first-order chi connectivity index (χ1) is 11.8. The molecule has 0 saturated heterocycles. The Labute approximate surface area is 140 Å². The fourth-order valence-electron chi connectivity index (χ4n) is 3.30. The molecule has 2 aromatic heterocycles. The van der Waals surface area contributed by atoms with Gasteiger partial charge in [-0.3, -0.25) is 9.48 Å². The molecule has 1 aromatic carbocycles. The van der Waals surface area contributed by atoms with Gasteiger partial charge >= 0.3 is 0 Å². The number of rotatable bonds is 4. The maximum atomic E-state index is 12.2. The highest BCUT2D eigenvalue weighted by Gasteiger charge is 2.26. The summed E-state index contributed by atoms with van der Waals surface area (Å²) in [5.41, 5.74) is 3.57. The largest absolute Gasteiger partial charge is 0.459 e. The van der Waals surface area contributed by atoms with Crippen molar-refractivity contribution in [3.05, 3.63) is 77.5 Å². The Kier molecular flexibility index (Phi) is 3.91. The fourth-order valence-corrected chi connectivity index (χ4v) is 3.30. The zero-order valence-electron chi connectivity index (χ0n) is 13.3. The molecule has 0 saturated carbocycles. The van der Waals surface area contributed by atoms with Crippen LogP contribution in [-0.2, 0) is 13.0 Å². The van der Waals surface area contributed by atoms with Crippen LogP contribution >= 0.6 is 0 Å². The van der Waals surface area contributed by atoms with Gasteiger partial charge in [0.05, 0.1) is 25.0 Å². The van der Waals surface area contributed by atoms with E-state index in [2.05, 4.69) is 27.2 Å². The molecule has 0 radical (unpaired) electrons. The molecule has 5 heteroatoms. The van der Waals surface area contributed by atoms with E-state index in [1.54, 1.807) is 12.1 Å². The lowest BCUT2D eigenvalue weighted by atomic mass is 9.93. The van der Waals surface area contributed by atoms with Gasteiger partial charge in [0.15, 0.2) is 5.76 Å². The van der Waals surface area contributed by atoms with Crippen molar-refractivity contribution in [1.82, 2.24) is 15.1 Å². The molecule has 1 amide bonds. The molecule has 24 heavy (non-hydrogen) atoms. The van der Waals surface area contributed by atoms with E-state index in [-0.39, 0.29) is 11.9 Å². The van der Waals surface area contributed by atoms with Crippen molar-refractivity contribution < 1.29 is 9.21 Å². The lowest BCUT2D eigenvalue weighted by Gasteiger charge is -2.24. The number of carbonyl (C=O) groups is 1. The Bertz CT molecular complexity index is 822. The topological polar surface area (TPSA) is 60.1 Å². The van der Waals surface area contributed by atoms with Gasteiger partial charge in [-0.1, -0.05) is 30.3 Å². The minimum absolute atomic E-state index is 0.00382. The third-order valence-electron chi connectivity index (χ3n) is 4.49. The summed E-state index contributed by atoms with van der Waals surface area (Å²) in [6, 6.07) is 13.7. The summed E-state index contributed by atoms with van der Waals surface area (Å²) in [4.78, 5) is 12.2. The van der Waals surface area contributed by atoms with Crippen LogP contribution in [0.5, 0.6) is 0 Å². The number of fused-ring (bicyclic) bond motifs is 1. The third kappa shape index (κ3) is 2.85. The van der Waals surface area contributed by atoms with Gasteiger partial charge in [0, 0.05) is 11.3 Å². The molecule has 0 spiro atoms. The summed E-state index contributed by atoms with van der Waals surface area (Å²) < 4.78 is 7.23. The molecular weight excluding hydrogens is 302 g/mol. The smallest absolute Gasteiger partial charge is 0.287 e. The number of aromatic nitrogens is 2. The predicted octanol–water partition coefficient (Wildman–Crippen LogP) is 3.33. The first-order valence-electron chi connectivity index (χ1n) is 8.24. The zero-order chi connectivity index (χ0) is 16.4. The lowest BCUT2D eigenvalue weighted by molar-refractivity contribution is 0.0904. The minimum Gasteiger partial charge on any atom is -0.459 e. The molecule has 0 fully saturated rings. The van der Waals surface area contributed by atoms with Crippen molar-refractivity contribution >= 4 is 5.91 Å². The number of amides is 1. The van der Waals surface area contributed by atoms with E-state index >= 15 is 0 Å². The van der Waals surface area contributed by atoms with Gasteiger partial charge in [0.1, 0.15) is 0 Å². The fraction of sp³-hybridized carbons (Fsp3) is 0.263. The predicted molar refractivity (Wildman–Crippen MR) is 89.6 cm³/mol. The van der Waals surface area contributed by atoms with Gasteiger partial charge in [-0.15, -0.1) is 0 Å². The van der Waals surface area contributed by atoms with Crippen LogP contribution in [0.2, 0.25) is 0 Å². The van der Waals surface area contributed by atoms with Crippen LogP contribution in [0.1, 0.15) is 46.3 Å². The Morgan fingerprint density at radius 2 is 2.12 bits per heavy atom. The first kappa shape index (κ1) is 14.8. The Morgan fingerprint density at radius 3 is 2.92 bits per heavy atom. The molecule has 1 aliphatic rings. The number of hydrogen-bond acceptors (Lipinski definition) is 3. The van der Waals surface area contributed by atoms with Gasteiger partial charge in [-0.05, 0) is 37.0 Å². The molecule has 0 bridgehead atoms. The van der Waals surface area contributed by atoms with Crippen LogP contribution in [0.4, 0.5) is 0 Å². The third-order valence-corrected chi connectivity index (χ3v) is 4.49. The van der Waals surface area contributed by atoms with E-state index in [4.69, 9.17) is 4.42 Å². The summed E-state index contributed by atoms with van der Waals surface area (Å²) >= 11 is 0. The molecule has 1 atom stereocenters. The highest BCUT2D eigenvalue weighted by Crippen LogP contribution is 2.30. The Morgan fingerprint density at radius 1 is 1.25 bits per heavy atom. The molecule has 2 heterocycles. The SMILES string of the molecule is O=C(NC1CCCc2c1cnn2Cc1ccccc1)c1ccco1. The molecule has 3 aromatic rings. The van der Waals surface area contributed by atoms with Crippen LogP contribution < -0.4 is 5.32 Å². The Balaban J connectivity index is 1.54. The van der Waals surface area contributed by atoms with E-state index < -0.39 is 0 Å².